The monoisotopic (exact) mass is 436 g/mol. The number of fused-ring (bicyclic) bond motifs is 1. The van der Waals surface area contributed by atoms with E-state index in [1.807, 2.05) is 0 Å². The first kappa shape index (κ1) is 20.2. The van der Waals surface area contributed by atoms with Gasteiger partial charge in [0.15, 0.2) is 0 Å². The second-order valence-corrected chi connectivity index (χ2v) is 7.98. The lowest BCUT2D eigenvalue weighted by Gasteiger charge is -2.12. The average Bonchev–Trinajstić information content (AvgIpc) is 3.14. The van der Waals surface area contributed by atoms with E-state index < -0.39 is 28.6 Å². The molecule has 4 rings (SSSR count). The minimum absolute atomic E-state index is 0.0283. The van der Waals surface area contributed by atoms with Crippen molar-refractivity contribution in [1.82, 2.24) is 9.13 Å². The Labute approximate surface area is 179 Å². The summed E-state index contributed by atoms with van der Waals surface area (Å²) < 4.78 is 2.23. The quantitative estimate of drug-likeness (QED) is 0.381. The Morgan fingerprint density at radius 2 is 1.77 bits per heavy atom. The molecule has 4 aromatic rings. The number of nitrogens with one attached hydrogen (secondary N) is 1. The van der Waals surface area contributed by atoms with Crippen LogP contribution in [-0.4, -0.2) is 20.0 Å². The van der Waals surface area contributed by atoms with Crippen molar-refractivity contribution < 1.29 is 9.72 Å². The van der Waals surface area contributed by atoms with Gasteiger partial charge in [0.05, 0.1) is 16.0 Å². The number of benzene rings is 2. The maximum absolute atomic E-state index is 13.2. The van der Waals surface area contributed by atoms with Gasteiger partial charge in [0.2, 0.25) is 5.91 Å². The number of aromatic nitrogens is 2. The molecular weight excluding hydrogens is 420 g/mol. The highest BCUT2D eigenvalue weighted by Crippen LogP contribution is 2.24. The molecule has 1 N–H and O–H groups in total. The highest BCUT2D eigenvalue weighted by Gasteiger charge is 2.20. The van der Waals surface area contributed by atoms with Crippen molar-refractivity contribution in [3.05, 3.63) is 96.5 Å². The van der Waals surface area contributed by atoms with Crippen LogP contribution in [0.5, 0.6) is 0 Å². The molecule has 0 aliphatic heterocycles. The van der Waals surface area contributed by atoms with Gasteiger partial charge in [-0.3, -0.25) is 24.3 Å². The summed E-state index contributed by atoms with van der Waals surface area (Å²) in [5, 5.41) is 14.0. The number of nitro groups is 1. The van der Waals surface area contributed by atoms with Gasteiger partial charge in [-0.25, -0.2) is 9.36 Å². The first-order chi connectivity index (χ1) is 14.9. The first-order valence-corrected chi connectivity index (χ1v) is 10.0. The number of para-hydroxylation sites is 3. The molecule has 0 bridgehead atoms. The average molecular weight is 436 g/mol. The standard InChI is InChI=1S/C21H16N4O5S/c1-13-11-15-19(27)24(14-7-3-2-4-8-14)21(28)23(20(15)31-13)12-18(26)22-16-9-5-6-10-17(16)25(29)30/h2-11H,12H2,1H3,(H,22,26). The van der Waals surface area contributed by atoms with Crippen LogP contribution in [0.1, 0.15) is 4.88 Å². The molecule has 0 atom stereocenters. The van der Waals surface area contributed by atoms with Gasteiger partial charge in [-0.1, -0.05) is 30.3 Å². The highest BCUT2D eigenvalue weighted by atomic mass is 32.1. The Hall–Kier alpha value is -4.05. The van der Waals surface area contributed by atoms with Gasteiger partial charge >= 0.3 is 5.69 Å². The van der Waals surface area contributed by atoms with Crippen LogP contribution in [0.2, 0.25) is 0 Å². The molecule has 2 aromatic carbocycles. The number of thiophene rings is 1. The van der Waals surface area contributed by atoms with Crippen LogP contribution in [0.25, 0.3) is 15.9 Å². The normalized spacial score (nSPS) is 10.9. The fourth-order valence-corrected chi connectivity index (χ4v) is 4.28. The first-order valence-electron chi connectivity index (χ1n) is 9.21. The molecule has 0 saturated carbocycles. The molecule has 0 unspecified atom stereocenters. The molecule has 9 nitrogen and oxygen atoms in total. The molecule has 2 heterocycles. The molecule has 0 spiro atoms. The summed E-state index contributed by atoms with van der Waals surface area (Å²) in [5.41, 5.74) is -0.972. The lowest BCUT2D eigenvalue weighted by molar-refractivity contribution is -0.383. The minimum Gasteiger partial charge on any atom is -0.319 e. The van der Waals surface area contributed by atoms with E-state index in [1.165, 1.54) is 34.1 Å². The Morgan fingerprint density at radius 3 is 2.48 bits per heavy atom. The van der Waals surface area contributed by atoms with Crippen molar-refractivity contribution >= 4 is 38.8 Å². The van der Waals surface area contributed by atoms with Crippen LogP contribution in [-0.2, 0) is 11.3 Å². The van der Waals surface area contributed by atoms with Gasteiger partial charge in [0.1, 0.15) is 17.1 Å². The summed E-state index contributed by atoms with van der Waals surface area (Å²) in [5.74, 6) is -0.623. The molecule has 0 aliphatic rings. The number of hydrogen-bond acceptors (Lipinski definition) is 6. The van der Waals surface area contributed by atoms with Crippen LogP contribution >= 0.6 is 11.3 Å². The number of carbonyl (C=O) groups excluding carboxylic acids is 1. The molecule has 0 fully saturated rings. The van der Waals surface area contributed by atoms with Crippen molar-refractivity contribution in [2.45, 2.75) is 13.5 Å². The van der Waals surface area contributed by atoms with E-state index in [1.54, 1.807) is 49.4 Å². The van der Waals surface area contributed by atoms with Crippen molar-refractivity contribution in [3.63, 3.8) is 0 Å². The van der Waals surface area contributed by atoms with Gasteiger partial charge in [0.25, 0.3) is 11.2 Å². The lowest BCUT2D eigenvalue weighted by atomic mass is 10.2. The van der Waals surface area contributed by atoms with E-state index >= 15 is 0 Å². The van der Waals surface area contributed by atoms with Crippen LogP contribution in [0.4, 0.5) is 11.4 Å². The molecule has 10 heteroatoms. The van der Waals surface area contributed by atoms with Crippen molar-refractivity contribution in [1.29, 1.82) is 0 Å². The maximum atomic E-state index is 13.2. The summed E-state index contributed by atoms with van der Waals surface area (Å²) in [6, 6.07) is 15.9. The Balaban J connectivity index is 1.81. The third-order valence-corrected chi connectivity index (χ3v) is 5.70. The number of amides is 1. The van der Waals surface area contributed by atoms with Crippen LogP contribution in [0.15, 0.2) is 70.3 Å². The molecule has 0 aliphatic carbocycles. The lowest BCUT2D eigenvalue weighted by Crippen LogP contribution is -2.40. The SMILES string of the molecule is Cc1cc2c(=O)n(-c3ccccc3)c(=O)n(CC(=O)Nc3ccccc3[N+](=O)[O-])c2s1. The molecule has 156 valence electrons. The second-order valence-electron chi connectivity index (χ2n) is 6.74. The predicted molar refractivity (Wildman–Crippen MR) is 118 cm³/mol. The summed E-state index contributed by atoms with van der Waals surface area (Å²) in [6.07, 6.45) is 0. The highest BCUT2D eigenvalue weighted by molar-refractivity contribution is 7.18. The number of nitrogens with zero attached hydrogens (tertiary/aromatic N) is 3. The Kier molecular flexibility index (Phi) is 5.22. The smallest absolute Gasteiger partial charge is 0.319 e. The van der Waals surface area contributed by atoms with E-state index in [0.29, 0.717) is 15.9 Å². The molecule has 0 saturated heterocycles. The molecule has 1 amide bonds. The topological polar surface area (TPSA) is 116 Å². The molecule has 31 heavy (non-hydrogen) atoms. The fourth-order valence-electron chi connectivity index (χ4n) is 3.29. The summed E-state index contributed by atoms with van der Waals surface area (Å²) >= 11 is 1.23. The van der Waals surface area contributed by atoms with Crippen molar-refractivity contribution in [2.75, 3.05) is 5.32 Å². The Morgan fingerprint density at radius 1 is 1.10 bits per heavy atom. The number of carbonyl (C=O) groups is 1. The van der Waals surface area contributed by atoms with Crippen molar-refractivity contribution in [3.8, 4) is 5.69 Å². The summed E-state index contributed by atoms with van der Waals surface area (Å²) in [6.45, 7) is 1.40. The predicted octanol–water partition coefficient (Wildman–Crippen LogP) is 3.07. The molecule has 2 aromatic heterocycles. The van der Waals surface area contributed by atoms with Gasteiger partial charge in [-0.05, 0) is 31.2 Å². The third-order valence-electron chi connectivity index (χ3n) is 4.63. The summed E-state index contributed by atoms with van der Waals surface area (Å²) in [7, 11) is 0. The van der Waals surface area contributed by atoms with Gasteiger partial charge in [-0.15, -0.1) is 11.3 Å². The molecular formula is C21H16N4O5S. The third kappa shape index (κ3) is 3.76. The zero-order chi connectivity index (χ0) is 22.1. The number of anilines is 1. The summed E-state index contributed by atoms with van der Waals surface area (Å²) in [4.78, 5) is 50.7. The number of hydrogen-bond donors (Lipinski definition) is 1. The van der Waals surface area contributed by atoms with Crippen molar-refractivity contribution in [2.24, 2.45) is 0 Å². The van der Waals surface area contributed by atoms with Crippen LogP contribution < -0.4 is 16.6 Å². The molecule has 0 radical (unpaired) electrons. The zero-order valence-electron chi connectivity index (χ0n) is 16.3. The van der Waals surface area contributed by atoms with Crippen LogP contribution in [0.3, 0.4) is 0 Å². The van der Waals surface area contributed by atoms with E-state index in [4.69, 9.17) is 0 Å². The van der Waals surface area contributed by atoms with Gasteiger partial charge in [0, 0.05) is 10.9 Å². The van der Waals surface area contributed by atoms with Crippen LogP contribution in [0, 0.1) is 17.0 Å². The zero-order valence-corrected chi connectivity index (χ0v) is 17.1. The fraction of sp³-hybridized carbons (Fsp3) is 0.0952. The number of rotatable bonds is 5. The Bertz CT molecular complexity index is 1440. The number of nitro benzene ring substituents is 1. The second kappa shape index (κ2) is 8.00. The largest absolute Gasteiger partial charge is 0.337 e. The van der Waals surface area contributed by atoms with E-state index in [0.717, 1.165) is 9.44 Å². The van der Waals surface area contributed by atoms with Gasteiger partial charge in [-0.2, -0.15) is 0 Å². The van der Waals surface area contributed by atoms with E-state index in [9.17, 15) is 24.5 Å². The van der Waals surface area contributed by atoms with E-state index in [2.05, 4.69) is 5.32 Å². The number of aryl methyl sites for hydroxylation is 1. The van der Waals surface area contributed by atoms with E-state index in [-0.39, 0.29) is 11.4 Å². The van der Waals surface area contributed by atoms with Gasteiger partial charge < -0.3 is 5.32 Å². The minimum atomic E-state index is -0.664. The maximum Gasteiger partial charge on any atom is 0.337 e.